The molecule has 0 aromatic heterocycles. The average molecular weight is 333 g/mol. The van der Waals surface area contributed by atoms with Gasteiger partial charge in [-0.25, -0.2) is 0 Å². The van der Waals surface area contributed by atoms with Crippen LogP contribution in [0.15, 0.2) is 48.5 Å². The number of carboxylic acids is 1. The number of hydrogen-bond donors (Lipinski definition) is 1. The van der Waals surface area contributed by atoms with Crippen molar-refractivity contribution in [2.75, 3.05) is 11.9 Å². The molecule has 0 aliphatic rings. The van der Waals surface area contributed by atoms with E-state index in [0.717, 1.165) is 0 Å². The van der Waals surface area contributed by atoms with Crippen molar-refractivity contribution in [2.24, 2.45) is 0 Å². The molecule has 0 aliphatic carbocycles. The largest absolute Gasteiger partial charge is 0.545 e. The molecule has 1 N–H and O–H groups in total. The summed E-state index contributed by atoms with van der Waals surface area (Å²) in [5.74, 6) is -0.797. The van der Waals surface area contributed by atoms with Crippen molar-refractivity contribution in [1.82, 2.24) is 0 Å². The summed E-state index contributed by atoms with van der Waals surface area (Å²) in [6.07, 6.45) is 0.803. The van der Waals surface area contributed by atoms with Crippen molar-refractivity contribution in [1.29, 1.82) is 0 Å². The van der Waals surface area contributed by atoms with Gasteiger partial charge in [-0.15, -0.1) is 0 Å². The van der Waals surface area contributed by atoms with E-state index in [4.69, 9.17) is 16.3 Å². The van der Waals surface area contributed by atoms with Gasteiger partial charge < -0.3 is 20.0 Å². The normalized spacial score (nSPS) is 10.1. The summed E-state index contributed by atoms with van der Waals surface area (Å²) in [6, 6.07) is 12.9. The molecule has 0 saturated heterocycles. The summed E-state index contributed by atoms with van der Waals surface area (Å²) >= 11 is 5.77. The Morgan fingerprint density at radius 2 is 1.87 bits per heavy atom. The molecule has 0 unspecified atom stereocenters. The van der Waals surface area contributed by atoms with E-state index < -0.39 is 5.97 Å². The van der Waals surface area contributed by atoms with E-state index in [1.165, 1.54) is 12.1 Å². The van der Waals surface area contributed by atoms with Crippen LogP contribution in [0.25, 0.3) is 0 Å². The van der Waals surface area contributed by atoms with E-state index in [0.29, 0.717) is 29.5 Å². The maximum Gasteiger partial charge on any atom is 0.224 e. The molecule has 2 aromatic rings. The Labute approximate surface area is 138 Å². The third-order valence-corrected chi connectivity index (χ3v) is 3.26. The van der Waals surface area contributed by atoms with Crippen LogP contribution < -0.4 is 15.2 Å². The van der Waals surface area contributed by atoms with Crippen molar-refractivity contribution >= 4 is 29.2 Å². The minimum Gasteiger partial charge on any atom is -0.545 e. The van der Waals surface area contributed by atoms with Crippen LogP contribution >= 0.6 is 11.6 Å². The van der Waals surface area contributed by atoms with Crippen LogP contribution in [0.3, 0.4) is 0 Å². The van der Waals surface area contributed by atoms with Crippen LogP contribution in [0.5, 0.6) is 5.75 Å². The van der Waals surface area contributed by atoms with Crippen LogP contribution in [-0.2, 0) is 4.79 Å². The number of nitrogens with one attached hydrogen (secondary N) is 1. The highest BCUT2D eigenvalue weighted by atomic mass is 35.5. The van der Waals surface area contributed by atoms with Gasteiger partial charge in [0.2, 0.25) is 5.91 Å². The minimum atomic E-state index is -1.28. The summed E-state index contributed by atoms with van der Waals surface area (Å²) in [4.78, 5) is 22.6. The zero-order valence-corrected chi connectivity index (χ0v) is 13.0. The Morgan fingerprint density at radius 1 is 1.13 bits per heavy atom. The second kappa shape index (κ2) is 8.19. The SMILES string of the molecule is O=C(CCCOc1ccc(Cl)cc1)Nc1cccc(C(=O)[O-])c1. The average Bonchev–Trinajstić information content (AvgIpc) is 2.53. The number of aromatic carboxylic acids is 1. The summed E-state index contributed by atoms with van der Waals surface area (Å²) in [5.41, 5.74) is 0.448. The standard InChI is InChI=1S/C17H16ClNO4/c18-13-6-8-15(9-7-13)23-10-2-5-16(20)19-14-4-1-3-12(11-14)17(21)22/h1,3-4,6-9,11H,2,5,10H2,(H,19,20)(H,21,22)/p-1. The van der Waals surface area contributed by atoms with Gasteiger partial charge in [-0.3, -0.25) is 4.79 Å². The molecule has 23 heavy (non-hydrogen) atoms. The first-order chi connectivity index (χ1) is 11.0. The third-order valence-electron chi connectivity index (χ3n) is 3.01. The van der Waals surface area contributed by atoms with E-state index in [9.17, 15) is 14.7 Å². The Balaban J connectivity index is 1.74. The van der Waals surface area contributed by atoms with Crippen molar-refractivity contribution in [3.8, 4) is 5.75 Å². The Kier molecular flexibility index (Phi) is 6.00. The zero-order chi connectivity index (χ0) is 16.7. The maximum absolute atomic E-state index is 11.8. The first-order valence-electron chi connectivity index (χ1n) is 7.04. The van der Waals surface area contributed by atoms with Gasteiger partial charge in [0.25, 0.3) is 0 Å². The summed E-state index contributed by atoms with van der Waals surface area (Å²) < 4.78 is 5.49. The fourth-order valence-electron chi connectivity index (χ4n) is 1.90. The molecule has 0 spiro atoms. The Hall–Kier alpha value is -2.53. The molecule has 5 nitrogen and oxygen atoms in total. The van der Waals surface area contributed by atoms with Crippen molar-refractivity contribution in [2.45, 2.75) is 12.8 Å². The first kappa shape index (κ1) is 16.8. The number of carboxylic acid groups (broad SMARTS) is 1. The van der Waals surface area contributed by atoms with E-state index in [1.807, 2.05) is 0 Å². The van der Waals surface area contributed by atoms with E-state index in [1.54, 1.807) is 36.4 Å². The Morgan fingerprint density at radius 3 is 2.57 bits per heavy atom. The van der Waals surface area contributed by atoms with Crippen LogP contribution in [0.4, 0.5) is 5.69 Å². The van der Waals surface area contributed by atoms with Gasteiger partial charge in [-0.05, 0) is 48.4 Å². The molecule has 6 heteroatoms. The monoisotopic (exact) mass is 332 g/mol. The highest BCUT2D eigenvalue weighted by Crippen LogP contribution is 2.16. The van der Waals surface area contributed by atoms with Crippen LogP contribution in [-0.4, -0.2) is 18.5 Å². The molecular weight excluding hydrogens is 318 g/mol. The number of hydrogen-bond acceptors (Lipinski definition) is 4. The molecule has 120 valence electrons. The second-order valence-corrected chi connectivity index (χ2v) is 5.26. The fourth-order valence-corrected chi connectivity index (χ4v) is 2.03. The molecule has 2 rings (SSSR count). The minimum absolute atomic E-state index is 0.0221. The number of amides is 1. The molecule has 0 atom stereocenters. The van der Waals surface area contributed by atoms with E-state index in [2.05, 4.69) is 5.32 Å². The zero-order valence-electron chi connectivity index (χ0n) is 12.3. The van der Waals surface area contributed by atoms with Crippen molar-refractivity contribution in [3.63, 3.8) is 0 Å². The number of halogens is 1. The van der Waals surface area contributed by atoms with Gasteiger partial charge >= 0.3 is 0 Å². The number of ether oxygens (including phenoxy) is 1. The lowest BCUT2D eigenvalue weighted by Gasteiger charge is -2.09. The molecule has 1 amide bonds. The van der Waals surface area contributed by atoms with Crippen molar-refractivity contribution in [3.05, 3.63) is 59.1 Å². The highest BCUT2D eigenvalue weighted by molar-refractivity contribution is 6.30. The number of carbonyl (C=O) groups is 2. The summed E-state index contributed by atoms with van der Waals surface area (Å²) in [5, 5.41) is 14.0. The molecule has 2 aromatic carbocycles. The Bertz CT molecular complexity index is 685. The third kappa shape index (κ3) is 5.64. The van der Waals surface area contributed by atoms with Crippen LogP contribution in [0.1, 0.15) is 23.2 Å². The van der Waals surface area contributed by atoms with Gasteiger partial charge in [0.1, 0.15) is 5.75 Å². The van der Waals surface area contributed by atoms with Gasteiger partial charge in [-0.2, -0.15) is 0 Å². The second-order valence-electron chi connectivity index (χ2n) is 4.82. The molecular formula is C17H15ClNO4-. The summed E-state index contributed by atoms with van der Waals surface area (Å²) in [7, 11) is 0. The van der Waals surface area contributed by atoms with Gasteiger partial charge in [-0.1, -0.05) is 23.7 Å². The topological polar surface area (TPSA) is 78.5 Å². The number of rotatable bonds is 7. The van der Waals surface area contributed by atoms with E-state index >= 15 is 0 Å². The fraction of sp³-hybridized carbons (Fsp3) is 0.176. The molecule has 0 saturated carbocycles. The smallest absolute Gasteiger partial charge is 0.224 e. The molecule has 0 radical (unpaired) electrons. The quantitative estimate of drug-likeness (QED) is 0.790. The van der Waals surface area contributed by atoms with Crippen LogP contribution in [0, 0.1) is 0 Å². The van der Waals surface area contributed by atoms with Gasteiger partial charge in [0.05, 0.1) is 12.6 Å². The lowest BCUT2D eigenvalue weighted by atomic mass is 10.2. The molecule has 0 fully saturated rings. The molecule has 0 heterocycles. The lowest BCUT2D eigenvalue weighted by Crippen LogP contribution is -2.22. The lowest BCUT2D eigenvalue weighted by molar-refractivity contribution is -0.255. The number of benzene rings is 2. The predicted octanol–water partition coefficient (Wildman–Crippen LogP) is 2.50. The van der Waals surface area contributed by atoms with E-state index in [-0.39, 0.29) is 17.9 Å². The molecule has 0 aliphatic heterocycles. The van der Waals surface area contributed by atoms with Gasteiger partial charge in [0.15, 0.2) is 0 Å². The highest BCUT2D eigenvalue weighted by Gasteiger charge is 2.04. The van der Waals surface area contributed by atoms with Crippen molar-refractivity contribution < 1.29 is 19.4 Å². The number of anilines is 1. The predicted molar refractivity (Wildman–Crippen MR) is 85.6 cm³/mol. The number of carbonyl (C=O) groups excluding carboxylic acids is 2. The van der Waals surface area contributed by atoms with Gasteiger partial charge in [0, 0.05) is 17.1 Å². The maximum atomic E-state index is 11.8. The molecule has 0 bridgehead atoms. The van der Waals surface area contributed by atoms with Crippen LogP contribution in [0.2, 0.25) is 5.02 Å². The first-order valence-corrected chi connectivity index (χ1v) is 7.42. The summed E-state index contributed by atoms with van der Waals surface area (Å²) in [6.45, 7) is 0.397.